The lowest BCUT2D eigenvalue weighted by atomic mass is 10.2. The maximum atomic E-state index is 12.6. The van der Waals surface area contributed by atoms with Gasteiger partial charge in [0.15, 0.2) is 0 Å². The molecule has 112 valence electrons. The van der Waals surface area contributed by atoms with Crippen LogP contribution in [0.3, 0.4) is 0 Å². The normalized spacial score (nSPS) is 24.2. The molecule has 1 saturated heterocycles. The summed E-state index contributed by atoms with van der Waals surface area (Å²) in [6.07, 6.45) is -0.461. The zero-order chi connectivity index (χ0) is 14.9. The molecule has 1 aliphatic heterocycles. The molecule has 1 heterocycles. The van der Waals surface area contributed by atoms with E-state index in [4.69, 9.17) is 9.47 Å². The third kappa shape index (κ3) is 2.92. The molecule has 5 nitrogen and oxygen atoms in total. The fourth-order valence-corrected chi connectivity index (χ4v) is 4.08. The van der Waals surface area contributed by atoms with Crippen LogP contribution in [0.2, 0.25) is 0 Å². The maximum Gasteiger partial charge on any atom is 0.243 e. The van der Waals surface area contributed by atoms with Crippen LogP contribution in [-0.2, 0) is 19.5 Å². The van der Waals surface area contributed by atoms with Gasteiger partial charge in [0.2, 0.25) is 10.0 Å². The number of nitrogens with zero attached hydrogens (tertiary/aromatic N) is 1. The maximum absolute atomic E-state index is 12.6. The van der Waals surface area contributed by atoms with E-state index in [0.29, 0.717) is 18.0 Å². The van der Waals surface area contributed by atoms with Crippen LogP contribution >= 0.6 is 15.9 Å². The van der Waals surface area contributed by atoms with Crippen molar-refractivity contribution in [1.82, 2.24) is 4.31 Å². The summed E-state index contributed by atoms with van der Waals surface area (Å²) in [6, 6.07) is 5.02. The molecule has 0 N–H and O–H groups in total. The van der Waals surface area contributed by atoms with E-state index in [1.807, 2.05) is 6.92 Å². The summed E-state index contributed by atoms with van der Waals surface area (Å²) in [4.78, 5) is 0.296. The summed E-state index contributed by atoms with van der Waals surface area (Å²) in [5.41, 5.74) is 0.886. The van der Waals surface area contributed by atoms with Crippen LogP contribution in [-0.4, -0.2) is 52.2 Å². The number of ether oxygens (including phenoxy) is 2. The molecule has 0 aliphatic carbocycles. The summed E-state index contributed by atoms with van der Waals surface area (Å²) in [5.74, 6) is 0. The van der Waals surface area contributed by atoms with E-state index in [-0.39, 0.29) is 12.2 Å². The van der Waals surface area contributed by atoms with Gasteiger partial charge in [-0.05, 0) is 30.7 Å². The van der Waals surface area contributed by atoms with E-state index >= 15 is 0 Å². The summed E-state index contributed by atoms with van der Waals surface area (Å²) in [6.45, 7) is 2.49. The van der Waals surface area contributed by atoms with Crippen LogP contribution in [0.15, 0.2) is 27.6 Å². The predicted octanol–water partition coefficient (Wildman–Crippen LogP) is 1.79. The minimum atomic E-state index is -3.51. The summed E-state index contributed by atoms with van der Waals surface area (Å²) >= 11 is 3.37. The highest BCUT2D eigenvalue weighted by molar-refractivity contribution is 9.10. The molecule has 7 heteroatoms. The van der Waals surface area contributed by atoms with Gasteiger partial charge in [0.25, 0.3) is 0 Å². The Morgan fingerprint density at radius 3 is 2.20 bits per heavy atom. The molecular formula is C13H18BrNO4S. The SMILES string of the molecule is COC1CN(S(=O)(=O)c2ccc(Br)c(C)c2)CC1OC. The highest BCUT2D eigenvalue weighted by atomic mass is 79.9. The molecule has 0 spiro atoms. The highest BCUT2D eigenvalue weighted by Gasteiger charge is 2.39. The summed E-state index contributed by atoms with van der Waals surface area (Å²) in [5, 5.41) is 0. The molecule has 20 heavy (non-hydrogen) atoms. The molecule has 2 rings (SSSR count). The predicted molar refractivity (Wildman–Crippen MR) is 79.2 cm³/mol. The number of hydrogen-bond donors (Lipinski definition) is 0. The third-order valence-electron chi connectivity index (χ3n) is 3.55. The van der Waals surface area contributed by atoms with Gasteiger partial charge < -0.3 is 9.47 Å². The molecule has 1 aliphatic rings. The van der Waals surface area contributed by atoms with Crippen molar-refractivity contribution in [1.29, 1.82) is 0 Å². The Balaban J connectivity index is 2.29. The first kappa shape index (κ1) is 15.9. The van der Waals surface area contributed by atoms with E-state index in [9.17, 15) is 8.42 Å². The number of hydrogen-bond acceptors (Lipinski definition) is 4. The quantitative estimate of drug-likeness (QED) is 0.818. The molecule has 1 fully saturated rings. The molecule has 2 unspecified atom stereocenters. The van der Waals surface area contributed by atoms with E-state index in [2.05, 4.69) is 15.9 Å². The Morgan fingerprint density at radius 1 is 1.20 bits per heavy atom. The smallest absolute Gasteiger partial charge is 0.243 e. The standard InChI is InChI=1S/C13H18BrNO4S/c1-9-6-10(4-5-11(9)14)20(16,17)15-7-12(18-2)13(8-15)19-3/h4-6,12-13H,7-8H2,1-3H3. The molecule has 0 bridgehead atoms. The first-order chi connectivity index (χ1) is 9.40. The van der Waals surface area contributed by atoms with Crippen molar-refractivity contribution in [3.05, 3.63) is 28.2 Å². The van der Waals surface area contributed by atoms with Crippen molar-refractivity contribution >= 4 is 26.0 Å². The Bertz CT molecular complexity index is 578. The van der Waals surface area contributed by atoms with Crippen molar-refractivity contribution in [3.63, 3.8) is 0 Å². The number of benzene rings is 1. The van der Waals surface area contributed by atoms with E-state index in [1.54, 1.807) is 32.4 Å². The molecule has 1 aromatic rings. The second-order valence-electron chi connectivity index (χ2n) is 4.78. The molecular weight excluding hydrogens is 346 g/mol. The first-order valence-electron chi connectivity index (χ1n) is 6.22. The van der Waals surface area contributed by atoms with Gasteiger partial charge in [-0.3, -0.25) is 0 Å². The van der Waals surface area contributed by atoms with Crippen LogP contribution in [0.1, 0.15) is 5.56 Å². The minimum Gasteiger partial charge on any atom is -0.377 e. The molecule has 1 aromatic carbocycles. The fourth-order valence-electron chi connectivity index (χ4n) is 2.29. The second kappa shape index (κ2) is 6.11. The Kier molecular flexibility index (Phi) is 4.86. The number of sulfonamides is 1. The van der Waals surface area contributed by atoms with Gasteiger partial charge in [-0.25, -0.2) is 8.42 Å². The topological polar surface area (TPSA) is 55.8 Å². The lowest BCUT2D eigenvalue weighted by Gasteiger charge is -2.16. The largest absolute Gasteiger partial charge is 0.377 e. The van der Waals surface area contributed by atoms with Crippen LogP contribution in [0.25, 0.3) is 0 Å². The van der Waals surface area contributed by atoms with Gasteiger partial charge in [0.05, 0.1) is 17.1 Å². The van der Waals surface area contributed by atoms with Crippen molar-refractivity contribution in [2.75, 3.05) is 27.3 Å². The average Bonchev–Trinajstić information content (AvgIpc) is 2.85. The van der Waals surface area contributed by atoms with E-state index < -0.39 is 10.0 Å². The van der Waals surface area contributed by atoms with Gasteiger partial charge in [-0.1, -0.05) is 15.9 Å². The van der Waals surface area contributed by atoms with E-state index in [1.165, 1.54) is 4.31 Å². The zero-order valence-electron chi connectivity index (χ0n) is 11.7. The van der Waals surface area contributed by atoms with Crippen LogP contribution in [0.5, 0.6) is 0 Å². The number of methoxy groups -OCH3 is 2. The molecule has 0 radical (unpaired) electrons. The van der Waals surface area contributed by atoms with Gasteiger partial charge in [-0.15, -0.1) is 0 Å². The summed E-state index contributed by atoms with van der Waals surface area (Å²) < 4.78 is 38.1. The molecule has 2 atom stereocenters. The average molecular weight is 364 g/mol. The lowest BCUT2D eigenvalue weighted by Crippen LogP contribution is -2.30. The Labute approximate surface area is 128 Å². The zero-order valence-corrected chi connectivity index (χ0v) is 14.1. The van der Waals surface area contributed by atoms with Gasteiger partial charge in [-0.2, -0.15) is 4.31 Å². The highest BCUT2D eigenvalue weighted by Crippen LogP contribution is 2.26. The Morgan fingerprint density at radius 2 is 1.75 bits per heavy atom. The number of halogens is 1. The minimum absolute atomic E-state index is 0.230. The number of aryl methyl sites for hydroxylation is 1. The van der Waals surface area contributed by atoms with Crippen LogP contribution in [0, 0.1) is 6.92 Å². The van der Waals surface area contributed by atoms with Crippen molar-refractivity contribution in [2.24, 2.45) is 0 Å². The second-order valence-corrected chi connectivity index (χ2v) is 7.57. The molecule has 0 amide bonds. The van der Waals surface area contributed by atoms with E-state index in [0.717, 1.165) is 10.0 Å². The molecule has 0 aromatic heterocycles. The third-order valence-corrected chi connectivity index (χ3v) is 6.27. The van der Waals surface area contributed by atoms with Crippen LogP contribution < -0.4 is 0 Å². The van der Waals surface area contributed by atoms with Gasteiger partial charge in [0.1, 0.15) is 0 Å². The van der Waals surface area contributed by atoms with Crippen molar-refractivity contribution in [3.8, 4) is 0 Å². The van der Waals surface area contributed by atoms with Crippen molar-refractivity contribution in [2.45, 2.75) is 24.0 Å². The Hall–Kier alpha value is -0.470. The van der Waals surface area contributed by atoms with Gasteiger partial charge in [0, 0.05) is 31.8 Å². The monoisotopic (exact) mass is 363 g/mol. The van der Waals surface area contributed by atoms with Crippen LogP contribution in [0.4, 0.5) is 0 Å². The fraction of sp³-hybridized carbons (Fsp3) is 0.538. The number of rotatable bonds is 4. The van der Waals surface area contributed by atoms with Gasteiger partial charge >= 0.3 is 0 Å². The lowest BCUT2D eigenvalue weighted by molar-refractivity contribution is -0.00461. The molecule has 0 saturated carbocycles. The first-order valence-corrected chi connectivity index (χ1v) is 8.45. The van der Waals surface area contributed by atoms with Crippen molar-refractivity contribution < 1.29 is 17.9 Å². The summed E-state index contributed by atoms with van der Waals surface area (Å²) in [7, 11) is -0.379.